The molecule has 0 aromatic carbocycles. The van der Waals surface area contributed by atoms with E-state index < -0.39 is 0 Å². The third kappa shape index (κ3) is 3.05. The van der Waals surface area contributed by atoms with Crippen LogP contribution in [0.5, 0.6) is 0 Å². The summed E-state index contributed by atoms with van der Waals surface area (Å²) in [7, 11) is 1.80. The van der Waals surface area contributed by atoms with Crippen LogP contribution >= 0.6 is 0 Å². The van der Waals surface area contributed by atoms with Crippen LogP contribution in [-0.4, -0.2) is 18.8 Å². The topological polar surface area (TPSA) is 35.2 Å². The fraction of sp³-hybridized carbons (Fsp3) is 0.846. The molecule has 1 saturated carbocycles. The molecule has 2 heteroatoms. The zero-order chi connectivity index (χ0) is 11.5. The van der Waals surface area contributed by atoms with Gasteiger partial charge in [0, 0.05) is 7.11 Å². The van der Waals surface area contributed by atoms with E-state index in [0.717, 1.165) is 18.8 Å². The van der Waals surface area contributed by atoms with E-state index in [2.05, 4.69) is 26.8 Å². The Hall–Kier alpha value is -0.340. The first-order valence-corrected chi connectivity index (χ1v) is 5.96. The van der Waals surface area contributed by atoms with Gasteiger partial charge in [-0.3, -0.25) is 0 Å². The predicted molar refractivity (Wildman–Crippen MR) is 64.8 cm³/mol. The van der Waals surface area contributed by atoms with Gasteiger partial charge in [0.2, 0.25) is 0 Å². The van der Waals surface area contributed by atoms with Gasteiger partial charge in [-0.05, 0) is 45.4 Å². The normalized spacial score (nSPS) is 33.5. The SMILES string of the molecule is COC1(C(N)C=C(C)C)CCC(C)CC1. The molecule has 88 valence electrons. The maximum absolute atomic E-state index is 6.24. The van der Waals surface area contributed by atoms with Crippen molar-refractivity contribution in [3.8, 4) is 0 Å². The number of hydrogen-bond donors (Lipinski definition) is 1. The molecule has 0 amide bonds. The summed E-state index contributed by atoms with van der Waals surface area (Å²) in [6, 6.07) is 0.0417. The average molecular weight is 211 g/mol. The van der Waals surface area contributed by atoms with Crippen molar-refractivity contribution in [3.63, 3.8) is 0 Å². The van der Waals surface area contributed by atoms with Gasteiger partial charge < -0.3 is 10.5 Å². The lowest BCUT2D eigenvalue weighted by atomic mass is 9.75. The number of allylic oxidation sites excluding steroid dienone is 1. The standard InChI is InChI=1S/C13H25NO/c1-10(2)9-12(14)13(15-4)7-5-11(3)6-8-13/h9,11-12H,5-8,14H2,1-4H3. The van der Waals surface area contributed by atoms with Crippen LogP contribution in [0.2, 0.25) is 0 Å². The zero-order valence-electron chi connectivity index (χ0n) is 10.5. The van der Waals surface area contributed by atoms with Crippen LogP contribution in [0.3, 0.4) is 0 Å². The van der Waals surface area contributed by atoms with E-state index in [1.54, 1.807) is 7.11 Å². The van der Waals surface area contributed by atoms with Crippen LogP contribution in [-0.2, 0) is 4.74 Å². The van der Waals surface area contributed by atoms with Crippen LogP contribution in [0.15, 0.2) is 11.6 Å². The van der Waals surface area contributed by atoms with Crippen LogP contribution < -0.4 is 5.73 Å². The van der Waals surface area contributed by atoms with E-state index in [9.17, 15) is 0 Å². The van der Waals surface area contributed by atoms with Crippen molar-refractivity contribution < 1.29 is 4.74 Å². The van der Waals surface area contributed by atoms with Crippen LogP contribution in [0.1, 0.15) is 46.5 Å². The summed E-state index contributed by atoms with van der Waals surface area (Å²) in [5.74, 6) is 0.826. The summed E-state index contributed by atoms with van der Waals surface area (Å²) in [5, 5.41) is 0. The Kier molecular flexibility index (Phi) is 4.35. The third-order valence-electron chi connectivity index (χ3n) is 3.65. The zero-order valence-corrected chi connectivity index (χ0v) is 10.5. The molecule has 1 aliphatic rings. The first-order chi connectivity index (χ1) is 7.00. The minimum atomic E-state index is -0.107. The van der Waals surface area contributed by atoms with Gasteiger partial charge in [-0.1, -0.05) is 18.6 Å². The molecule has 1 atom stereocenters. The average Bonchev–Trinajstić information content (AvgIpc) is 2.18. The van der Waals surface area contributed by atoms with Crippen LogP contribution in [0, 0.1) is 5.92 Å². The van der Waals surface area contributed by atoms with E-state index in [4.69, 9.17) is 10.5 Å². The van der Waals surface area contributed by atoms with Crippen molar-refractivity contribution in [3.05, 3.63) is 11.6 Å². The van der Waals surface area contributed by atoms with E-state index in [1.165, 1.54) is 18.4 Å². The van der Waals surface area contributed by atoms with E-state index >= 15 is 0 Å². The molecule has 1 aliphatic carbocycles. The second kappa shape index (κ2) is 5.13. The number of hydrogen-bond acceptors (Lipinski definition) is 2. The lowest BCUT2D eigenvalue weighted by Gasteiger charge is -2.41. The Morgan fingerprint density at radius 1 is 1.40 bits per heavy atom. The fourth-order valence-electron chi connectivity index (χ4n) is 2.44. The largest absolute Gasteiger partial charge is 0.376 e. The Morgan fingerprint density at radius 2 is 1.93 bits per heavy atom. The molecular formula is C13H25NO. The highest BCUT2D eigenvalue weighted by Gasteiger charge is 2.38. The molecular weight excluding hydrogens is 186 g/mol. The fourth-order valence-corrected chi connectivity index (χ4v) is 2.44. The molecule has 0 aromatic rings. The Morgan fingerprint density at radius 3 is 2.33 bits per heavy atom. The molecule has 0 aromatic heterocycles. The van der Waals surface area contributed by atoms with E-state index in [0.29, 0.717) is 0 Å². The van der Waals surface area contributed by atoms with E-state index in [1.807, 2.05) is 0 Å². The van der Waals surface area contributed by atoms with Crippen LogP contribution in [0.4, 0.5) is 0 Å². The van der Waals surface area contributed by atoms with Gasteiger partial charge in [-0.25, -0.2) is 0 Å². The molecule has 2 nitrogen and oxygen atoms in total. The first kappa shape index (κ1) is 12.7. The summed E-state index contributed by atoms with van der Waals surface area (Å²) in [6.07, 6.45) is 6.79. The molecule has 15 heavy (non-hydrogen) atoms. The predicted octanol–water partition coefficient (Wildman–Crippen LogP) is 2.88. The van der Waals surface area contributed by atoms with Gasteiger partial charge in [-0.15, -0.1) is 0 Å². The lowest BCUT2D eigenvalue weighted by Crippen LogP contribution is -2.50. The van der Waals surface area contributed by atoms with Crippen molar-refractivity contribution in [1.82, 2.24) is 0 Å². The number of methoxy groups -OCH3 is 1. The second-order valence-corrected chi connectivity index (χ2v) is 5.22. The summed E-state index contributed by atoms with van der Waals surface area (Å²) in [4.78, 5) is 0. The minimum absolute atomic E-state index is 0.0417. The number of rotatable bonds is 3. The van der Waals surface area contributed by atoms with Gasteiger partial charge in [0.05, 0.1) is 11.6 Å². The molecule has 1 unspecified atom stereocenters. The first-order valence-electron chi connectivity index (χ1n) is 5.96. The summed E-state index contributed by atoms with van der Waals surface area (Å²) < 4.78 is 5.72. The highest BCUT2D eigenvalue weighted by atomic mass is 16.5. The van der Waals surface area contributed by atoms with Crippen molar-refractivity contribution in [2.24, 2.45) is 11.7 Å². The molecule has 1 rings (SSSR count). The maximum Gasteiger partial charge on any atom is 0.0864 e. The van der Waals surface area contributed by atoms with Crippen molar-refractivity contribution in [2.75, 3.05) is 7.11 Å². The minimum Gasteiger partial charge on any atom is -0.376 e. The van der Waals surface area contributed by atoms with Crippen molar-refractivity contribution in [1.29, 1.82) is 0 Å². The highest BCUT2D eigenvalue weighted by molar-refractivity contribution is 5.09. The maximum atomic E-state index is 6.24. The molecule has 0 radical (unpaired) electrons. The van der Waals surface area contributed by atoms with Gasteiger partial charge in [0.25, 0.3) is 0 Å². The molecule has 1 fully saturated rings. The van der Waals surface area contributed by atoms with Gasteiger partial charge in [0.1, 0.15) is 0 Å². The molecule has 0 saturated heterocycles. The third-order valence-corrected chi connectivity index (χ3v) is 3.65. The lowest BCUT2D eigenvalue weighted by molar-refractivity contribution is -0.0561. The molecule has 0 aliphatic heterocycles. The van der Waals surface area contributed by atoms with Gasteiger partial charge >= 0.3 is 0 Å². The monoisotopic (exact) mass is 211 g/mol. The number of nitrogens with two attached hydrogens (primary N) is 1. The summed E-state index contributed by atoms with van der Waals surface area (Å²) >= 11 is 0. The summed E-state index contributed by atoms with van der Waals surface area (Å²) in [5.41, 5.74) is 7.41. The molecule has 0 heterocycles. The molecule has 2 N–H and O–H groups in total. The van der Waals surface area contributed by atoms with Crippen molar-refractivity contribution >= 4 is 0 Å². The van der Waals surface area contributed by atoms with Gasteiger partial charge in [0.15, 0.2) is 0 Å². The van der Waals surface area contributed by atoms with Gasteiger partial charge in [-0.2, -0.15) is 0 Å². The Labute approximate surface area is 93.9 Å². The van der Waals surface area contributed by atoms with Crippen molar-refractivity contribution in [2.45, 2.75) is 58.1 Å². The Balaban J connectivity index is 2.72. The van der Waals surface area contributed by atoms with Crippen LogP contribution in [0.25, 0.3) is 0 Å². The smallest absolute Gasteiger partial charge is 0.0864 e. The summed E-state index contributed by atoms with van der Waals surface area (Å²) in [6.45, 7) is 6.50. The highest BCUT2D eigenvalue weighted by Crippen LogP contribution is 2.36. The second-order valence-electron chi connectivity index (χ2n) is 5.22. The Bertz CT molecular complexity index is 223. The molecule has 0 spiro atoms. The van der Waals surface area contributed by atoms with E-state index in [-0.39, 0.29) is 11.6 Å². The quantitative estimate of drug-likeness (QED) is 0.729. The molecule has 0 bridgehead atoms. The number of ether oxygens (including phenoxy) is 1.